The number of ketones is 1. The average Bonchev–Trinajstić information content (AvgIpc) is 2.93. The maximum atomic E-state index is 13.4. The molecule has 0 spiro atoms. The molecule has 1 aliphatic carbocycles. The summed E-state index contributed by atoms with van der Waals surface area (Å²) in [6.07, 6.45) is 4.53. The number of carbonyl (C=O) groups is 1. The van der Waals surface area contributed by atoms with Gasteiger partial charge in [-0.1, -0.05) is 31.6 Å². The number of aryl methyl sites for hydroxylation is 1. The highest BCUT2D eigenvalue weighted by Crippen LogP contribution is 2.37. The number of carbonyl (C=O) groups excluding carboxylic acids is 1. The third kappa shape index (κ3) is 6.23. The monoisotopic (exact) mass is 448 g/mol. The summed E-state index contributed by atoms with van der Waals surface area (Å²) in [4.78, 5) is 13.7. The second-order valence-corrected chi connectivity index (χ2v) is 9.54. The molecule has 0 saturated heterocycles. The summed E-state index contributed by atoms with van der Waals surface area (Å²) in [6.45, 7) is 5.95. The van der Waals surface area contributed by atoms with E-state index in [0.29, 0.717) is 5.56 Å². The number of Topliss-reactive ketones (excluding diaryl/α,β-unsaturated/α-hetero) is 1. The van der Waals surface area contributed by atoms with Crippen molar-refractivity contribution in [3.8, 4) is 0 Å². The van der Waals surface area contributed by atoms with Crippen LogP contribution in [-0.4, -0.2) is 22.2 Å². The van der Waals surface area contributed by atoms with E-state index in [9.17, 15) is 23.1 Å². The molecule has 1 saturated carbocycles. The van der Waals surface area contributed by atoms with E-state index in [4.69, 9.17) is 0 Å². The molecule has 0 radical (unpaired) electrons. The minimum atomic E-state index is -1.50. The number of thioether (sulfide) groups is 1. The lowest BCUT2D eigenvalue weighted by atomic mass is 10.00. The average molecular weight is 449 g/mol. The molecule has 0 heterocycles. The Labute approximate surface area is 185 Å². The van der Waals surface area contributed by atoms with E-state index in [1.165, 1.54) is 0 Å². The second kappa shape index (κ2) is 10.5. The molecule has 1 fully saturated rings. The second-order valence-electron chi connectivity index (χ2n) is 8.20. The van der Waals surface area contributed by atoms with Gasteiger partial charge in [0, 0.05) is 22.1 Å². The van der Waals surface area contributed by atoms with Crippen LogP contribution in [0.25, 0.3) is 5.57 Å². The molecule has 1 aliphatic rings. The van der Waals surface area contributed by atoms with Gasteiger partial charge in [0.2, 0.25) is 0 Å². The molecule has 6 heteroatoms. The molecule has 166 valence electrons. The Bertz CT molecular complexity index is 950. The van der Waals surface area contributed by atoms with Crippen LogP contribution in [-0.2, 0) is 6.42 Å². The highest BCUT2D eigenvalue weighted by atomic mass is 32.2. The molecule has 0 aromatic heterocycles. The van der Waals surface area contributed by atoms with E-state index in [1.807, 2.05) is 19.1 Å². The van der Waals surface area contributed by atoms with E-state index in [1.54, 1.807) is 17.8 Å². The van der Waals surface area contributed by atoms with Crippen molar-refractivity contribution in [1.82, 2.24) is 0 Å². The summed E-state index contributed by atoms with van der Waals surface area (Å²) in [5.74, 6) is -4.16. The lowest BCUT2D eigenvalue weighted by Crippen LogP contribution is -2.12. The zero-order valence-electron chi connectivity index (χ0n) is 17.6. The molecule has 2 nitrogen and oxygen atoms in total. The van der Waals surface area contributed by atoms with Crippen molar-refractivity contribution in [2.75, 3.05) is 0 Å². The van der Waals surface area contributed by atoms with Gasteiger partial charge in [0.25, 0.3) is 0 Å². The van der Waals surface area contributed by atoms with E-state index in [0.717, 1.165) is 60.3 Å². The van der Waals surface area contributed by atoms with Crippen LogP contribution < -0.4 is 0 Å². The molecule has 0 amide bonds. The number of aliphatic hydroxyl groups excluding tert-OH is 1. The first-order valence-electron chi connectivity index (χ1n) is 10.6. The van der Waals surface area contributed by atoms with Gasteiger partial charge in [-0.25, -0.2) is 13.2 Å². The van der Waals surface area contributed by atoms with Gasteiger partial charge in [0.05, 0.1) is 6.10 Å². The molecule has 1 unspecified atom stereocenters. The van der Waals surface area contributed by atoms with Crippen molar-refractivity contribution in [3.05, 3.63) is 71.1 Å². The summed E-state index contributed by atoms with van der Waals surface area (Å²) < 4.78 is 39.9. The van der Waals surface area contributed by atoms with Crippen LogP contribution in [0, 0.1) is 17.5 Å². The molecular weight excluding hydrogens is 421 g/mol. The molecule has 0 bridgehead atoms. The Hall–Kier alpha value is -2.05. The number of aliphatic hydroxyl groups is 1. The molecule has 2 aromatic carbocycles. The number of hydrogen-bond donors (Lipinski definition) is 1. The van der Waals surface area contributed by atoms with Crippen LogP contribution >= 0.6 is 11.8 Å². The number of hydrogen-bond acceptors (Lipinski definition) is 3. The molecule has 31 heavy (non-hydrogen) atoms. The van der Waals surface area contributed by atoms with Crippen LogP contribution in [0.5, 0.6) is 0 Å². The third-order valence-corrected chi connectivity index (χ3v) is 6.94. The Kier molecular flexibility index (Phi) is 8.00. The predicted molar refractivity (Wildman–Crippen MR) is 119 cm³/mol. The van der Waals surface area contributed by atoms with Gasteiger partial charge in [-0.2, -0.15) is 0 Å². The van der Waals surface area contributed by atoms with Crippen molar-refractivity contribution < 1.29 is 23.1 Å². The van der Waals surface area contributed by atoms with Crippen molar-refractivity contribution in [1.29, 1.82) is 0 Å². The van der Waals surface area contributed by atoms with Gasteiger partial charge < -0.3 is 5.11 Å². The maximum absolute atomic E-state index is 13.4. The van der Waals surface area contributed by atoms with Gasteiger partial charge in [0.15, 0.2) is 23.2 Å². The van der Waals surface area contributed by atoms with Crippen LogP contribution in [0.2, 0.25) is 0 Å². The van der Waals surface area contributed by atoms with E-state index >= 15 is 0 Å². The Morgan fingerprint density at radius 3 is 2.48 bits per heavy atom. The predicted octanol–water partition coefficient (Wildman–Crippen LogP) is 6.74. The number of rotatable bonds is 7. The minimum Gasteiger partial charge on any atom is -0.393 e. The standard InChI is InChI=1S/C25H27F3O2S/c1-15(2)20-9-8-17(13-24(20)31-19-6-4-3-5-18(29)14-19)23(30)10-7-16-11-21(26)25(28)22(27)12-16/h8-9,11-13,18-19,29H,1,3-7,10,14H2,2H3/t18-,19?/m1/s1. The van der Waals surface area contributed by atoms with Crippen LogP contribution in [0.4, 0.5) is 13.2 Å². The van der Waals surface area contributed by atoms with Gasteiger partial charge in [-0.3, -0.25) is 4.79 Å². The van der Waals surface area contributed by atoms with Crippen molar-refractivity contribution >= 4 is 23.1 Å². The van der Waals surface area contributed by atoms with Crippen molar-refractivity contribution in [3.63, 3.8) is 0 Å². The van der Waals surface area contributed by atoms with Crippen LogP contribution in [0.1, 0.15) is 66.9 Å². The molecule has 2 atom stereocenters. The number of benzene rings is 2. The normalized spacial score (nSPS) is 19.1. The van der Waals surface area contributed by atoms with Crippen LogP contribution in [0.3, 0.4) is 0 Å². The Morgan fingerprint density at radius 2 is 1.81 bits per heavy atom. The topological polar surface area (TPSA) is 37.3 Å². The summed E-state index contributed by atoms with van der Waals surface area (Å²) in [5, 5.41) is 10.4. The third-order valence-electron chi connectivity index (χ3n) is 5.59. The van der Waals surface area contributed by atoms with Gasteiger partial charge >= 0.3 is 0 Å². The van der Waals surface area contributed by atoms with E-state index in [2.05, 4.69) is 6.58 Å². The fraction of sp³-hybridized carbons (Fsp3) is 0.400. The molecular formula is C25H27F3O2S. The van der Waals surface area contributed by atoms with Crippen molar-refractivity contribution in [2.24, 2.45) is 0 Å². The molecule has 3 rings (SSSR count). The highest BCUT2D eigenvalue weighted by Gasteiger charge is 2.21. The largest absolute Gasteiger partial charge is 0.393 e. The van der Waals surface area contributed by atoms with E-state index < -0.39 is 17.5 Å². The first kappa shape index (κ1) is 23.6. The Balaban J connectivity index is 1.75. The summed E-state index contributed by atoms with van der Waals surface area (Å²) in [5.41, 5.74) is 2.63. The van der Waals surface area contributed by atoms with Gasteiger partial charge in [-0.15, -0.1) is 11.8 Å². The zero-order chi connectivity index (χ0) is 22.5. The first-order chi connectivity index (χ1) is 14.7. The molecule has 1 N–H and O–H groups in total. The lowest BCUT2D eigenvalue weighted by Gasteiger charge is -2.19. The van der Waals surface area contributed by atoms with Crippen LogP contribution in [0.15, 0.2) is 41.8 Å². The fourth-order valence-corrected chi connectivity index (χ4v) is 5.40. The van der Waals surface area contributed by atoms with Crippen molar-refractivity contribution in [2.45, 2.75) is 68.1 Å². The molecule has 0 aliphatic heterocycles. The number of halogens is 3. The summed E-state index contributed by atoms with van der Waals surface area (Å²) >= 11 is 1.67. The fourth-order valence-electron chi connectivity index (χ4n) is 3.88. The summed E-state index contributed by atoms with van der Waals surface area (Å²) in [6, 6.07) is 7.32. The maximum Gasteiger partial charge on any atom is 0.194 e. The minimum absolute atomic E-state index is 0.0587. The van der Waals surface area contributed by atoms with Gasteiger partial charge in [-0.05, 0) is 67.5 Å². The number of allylic oxidation sites excluding steroid dienone is 1. The Morgan fingerprint density at radius 1 is 1.13 bits per heavy atom. The SMILES string of the molecule is C=C(C)c1ccc(C(=O)CCc2cc(F)c(F)c(F)c2)cc1SC1CCCC[C@@H](O)C1. The smallest absolute Gasteiger partial charge is 0.194 e. The quantitative estimate of drug-likeness (QED) is 0.290. The lowest BCUT2D eigenvalue weighted by molar-refractivity contribution is 0.0982. The van der Waals surface area contributed by atoms with E-state index in [-0.39, 0.29) is 35.5 Å². The van der Waals surface area contributed by atoms with Gasteiger partial charge in [0.1, 0.15) is 0 Å². The summed E-state index contributed by atoms with van der Waals surface area (Å²) in [7, 11) is 0. The molecule has 2 aromatic rings. The highest BCUT2D eigenvalue weighted by molar-refractivity contribution is 8.00. The first-order valence-corrected chi connectivity index (χ1v) is 11.4. The zero-order valence-corrected chi connectivity index (χ0v) is 18.4.